The van der Waals surface area contributed by atoms with Crippen molar-refractivity contribution in [1.82, 2.24) is 25.1 Å². The quantitative estimate of drug-likeness (QED) is 0.487. The summed E-state index contributed by atoms with van der Waals surface area (Å²) >= 11 is 4.77. The van der Waals surface area contributed by atoms with Gasteiger partial charge in [-0.25, -0.2) is 9.97 Å². The van der Waals surface area contributed by atoms with Crippen molar-refractivity contribution >= 4 is 44.7 Å². The van der Waals surface area contributed by atoms with E-state index in [1.54, 1.807) is 22.7 Å². The van der Waals surface area contributed by atoms with Gasteiger partial charge in [0.2, 0.25) is 5.16 Å². The fraction of sp³-hybridized carbons (Fsp3) is 0.333. The number of fused-ring (bicyclic) bond motifs is 3. The summed E-state index contributed by atoms with van der Waals surface area (Å²) in [6, 6.07) is 3.99. The van der Waals surface area contributed by atoms with Crippen molar-refractivity contribution < 1.29 is 0 Å². The number of nitrogens with zero attached hydrogens (tertiary/aromatic N) is 3. The predicted molar refractivity (Wildman–Crippen MR) is 111 cm³/mol. The van der Waals surface area contributed by atoms with Crippen LogP contribution in [0.4, 0.5) is 0 Å². The molecule has 4 heterocycles. The molecule has 0 aliphatic heterocycles. The van der Waals surface area contributed by atoms with E-state index in [1.807, 2.05) is 17.5 Å². The minimum atomic E-state index is -0.0167. The molecule has 0 unspecified atom stereocenters. The number of aromatic amines is 2. The molecular formula is C18H17N5OS3. The fourth-order valence-corrected chi connectivity index (χ4v) is 6.16. The van der Waals surface area contributed by atoms with Gasteiger partial charge in [0.15, 0.2) is 5.82 Å². The van der Waals surface area contributed by atoms with Gasteiger partial charge in [-0.3, -0.25) is 9.89 Å². The SMILES string of the molecule is C[C@H]1CCc2c(sc3nc(CSc4n[nH]c(-c5cccs5)n4)[nH]c(=O)c23)C1. The van der Waals surface area contributed by atoms with E-state index in [0.29, 0.717) is 22.7 Å². The van der Waals surface area contributed by atoms with Gasteiger partial charge in [0.05, 0.1) is 16.0 Å². The van der Waals surface area contributed by atoms with Crippen molar-refractivity contribution in [3.63, 3.8) is 0 Å². The lowest BCUT2D eigenvalue weighted by Gasteiger charge is -2.17. The minimum Gasteiger partial charge on any atom is -0.309 e. The van der Waals surface area contributed by atoms with E-state index in [-0.39, 0.29) is 5.56 Å². The molecule has 0 saturated heterocycles. The van der Waals surface area contributed by atoms with Crippen molar-refractivity contribution in [2.24, 2.45) is 5.92 Å². The Kier molecular flexibility index (Phi) is 4.37. The molecule has 0 bridgehead atoms. The molecule has 9 heteroatoms. The summed E-state index contributed by atoms with van der Waals surface area (Å²) in [5, 5.41) is 10.7. The Labute approximate surface area is 167 Å². The summed E-state index contributed by atoms with van der Waals surface area (Å²) in [6.07, 6.45) is 3.19. The van der Waals surface area contributed by atoms with Crippen LogP contribution in [0.2, 0.25) is 0 Å². The summed E-state index contributed by atoms with van der Waals surface area (Å²) in [5.74, 6) is 2.66. The Morgan fingerprint density at radius 2 is 2.30 bits per heavy atom. The Hall–Kier alpha value is -1.97. The van der Waals surface area contributed by atoms with Gasteiger partial charge in [-0.2, -0.15) is 0 Å². The molecule has 0 radical (unpaired) electrons. The predicted octanol–water partition coefficient (Wildman–Crippen LogP) is 4.25. The van der Waals surface area contributed by atoms with Crippen LogP contribution in [-0.4, -0.2) is 25.1 Å². The third-order valence-electron chi connectivity index (χ3n) is 4.77. The number of H-pyrrole nitrogens is 2. The van der Waals surface area contributed by atoms with Crippen LogP contribution in [0.25, 0.3) is 20.9 Å². The highest BCUT2D eigenvalue weighted by Gasteiger charge is 2.23. The van der Waals surface area contributed by atoms with Gasteiger partial charge in [0.25, 0.3) is 5.56 Å². The van der Waals surface area contributed by atoms with Gasteiger partial charge in [0.1, 0.15) is 10.7 Å². The molecule has 138 valence electrons. The lowest BCUT2D eigenvalue weighted by atomic mass is 9.89. The van der Waals surface area contributed by atoms with E-state index in [9.17, 15) is 4.79 Å². The largest absolute Gasteiger partial charge is 0.309 e. The zero-order chi connectivity index (χ0) is 18.4. The maximum atomic E-state index is 12.7. The lowest BCUT2D eigenvalue weighted by Crippen LogP contribution is -2.14. The molecule has 1 aliphatic carbocycles. The molecule has 6 nitrogen and oxygen atoms in total. The van der Waals surface area contributed by atoms with Crippen LogP contribution in [0.15, 0.2) is 27.5 Å². The van der Waals surface area contributed by atoms with Crippen LogP contribution in [0, 0.1) is 5.92 Å². The van der Waals surface area contributed by atoms with E-state index in [4.69, 9.17) is 4.98 Å². The topological polar surface area (TPSA) is 87.3 Å². The maximum absolute atomic E-state index is 12.7. The molecule has 4 aromatic heterocycles. The van der Waals surface area contributed by atoms with Crippen molar-refractivity contribution in [2.75, 3.05) is 0 Å². The van der Waals surface area contributed by atoms with Gasteiger partial charge >= 0.3 is 0 Å². The molecule has 2 N–H and O–H groups in total. The van der Waals surface area contributed by atoms with Gasteiger partial charge in [0, 0.05) is 4.88 Å². The Morgan fingerprint density at radius 1 is 1.37 bits per heavy atom. The zero-order valence-corrected chi connectivity index (χ0v) is 17.1. The molecule has 1 atom stereocenters. The normalized spacial score (nSPS) is 16.7. The molecule has 0 fully saturated rings. The average Bonchev–Trinajstić information content (AvgIpc) is 3.38. The van der Waals surface area contributed by atoms with Crippen LogP contribution in [-0.2, 0) is 18.6 Å². The lowest BCUT2D eigenvalue weighted by molar-refractivity contribution is 0.509. The summed E-state index contributed by atoms with van der Waals surface area (Å²) in [7, 11) is 0. The van der Waals surface area contributed by atoms with Crippen LogP contribution in [0.5, 0.6) is 0 Å². The third-order valence-corrected chi connectivity index (χ3v) is 7.66. The molecule has 0 amide bonds. The highest BCUT2D eigenvalue weighted by Crippen LogP contribution is 2.35. The number of aromatic nitrogens is 5. The first kappa shape index (κ1) is 17.2. The number of thioether (sulfide) groups is 1. The number of hydrogen-bond acceptors (Lipinski definition) is 7. The number of aryl methyl sites for hydroxylation is 1. The van der Waals surface area contributed by atoms with Gasteiger partial charge in [-0.1, -0.05) is 24.8 Å². The number of hydrogen-bond donors (Lipinski definition) is 2. The van der Waals surface area contributed by atoms with Gasteiger partial charge < -0.3 is 4.98 Å². The first-order valence-electron chi connectivity index (χ1n) is 8.80. The smallest absolute Gasteiger partial charge is 0.259 e. The standard InChI is InChI=1S/C18H17N5OS3/c1-9-4-5-10-12(7-9)27-17-14(10)16(24)19-13(20-17)8-26-18-21-15(22-23-18)11-3-2-6-25-11/h2-3,6,9H,4-5,7-8H2,1H3,(H,19,20,24)(H,21,22,23)/t9-/m0/s1. The first-order valence-corrected chi connectivity index (χ1v) is 11.5. The molecule has 27 heavy (non-hydrogen) atoms. The molecule has 4 aromatic rings. The second-order valence-corrected chi connectivity index (χ2v) is 9.75. The molecule has 1 aliphatic rings. The molecule has 0 aromatic carbocycles. The zero-order valence-electron chi connectivity index (χ0n) is 14.6. The Balaban J connectivity index is 1.39. The monoisotopic (exact) mass is 415 g/mol. The van der Waals surface area contributed by atoms with Crippen LogP contribution in [0.3, 0.4) is 0 Å². The molecule has 5 rings (SSSR count). The number of rotatable bonds is 4. The van der Waals surface area contributed by atoms with Crippen molar-refractivity contribution in [1.29, 1.82) is 0 Å². The molecular weight excluding hydrogens is 398 g/mol. The van der Waals surface area contributed by atoms with E-state index in [2.05, 4.69) is 27.1 Å². The van der Waals surface area contributed by atoms with Crippen LogP contribution in [0.1, 0.15) is 29.6 Å². The second-order valence-electron chi connectivity index (χ2n) is 6.78. The second kappa shape index (κ2) is 6.88. The summed E-state index contributed by atoms with van der Waals surface area (Å²) < 4.78 is 0. The Bertz CT molecular complexity index is 1160. The highest BCUT2D eigenvalue weighted by molar-refractivity contribution is 7.98. The molecule has 0 spiro atoms. The summed E-state index contributed by atoms with van der Waals surface area (Å²) in [5.41, 5.74) is 1.20. The van der Waals surface area contributed by atoms with E-state index < -0.39 is 0 Å². The fourth-order valence-electron chi connectivity index (χ4n) is 3.43. The van der Waals surface area contributed by atoms with Crippen LogP contribution >= 0.6 is 34.4 Å². The summed E-state index contributed by atoms with van der Waals surface area (Å²) in [6.45, 7) is 2.27. The van der Waals surface area contributed by atoms with Crippen molar-refractivity contribution in [2.45, 2.75) is 37.1 Å². The minimum absolute atomic E-state index is 0.0167. The number of nitrogens with one attached hydrogen (secondary N) is 2. The van der Waals surface area contributed by atoms with Crippen molar-refractivity contribution in [3.05, 3.63) is 44.1 Å². The maximum Gasteiger partial charge on any atom is 0.259 e. The first-order chi connectivity index (χ1) is 13.2. The highest BCUT2D eigenvalue weighted by atomic mass is 32.2. The van der Waals surface area contributed by atoms with Gasteiger partial charge in [-0.15, -0.1) is 27.8 Å². The molecule has 0 saturated carbocycles. The van der Waals surface area contributed by atoms with Crippen LogP contribution < -0.4 is 5.56 Å². The van der Waals surface area contributed by atoms with E-state index in [0.717, 1.165) is 40.2 Å². The average molecular weight is 416 g/mol. The van der Waals surface area contributed by atoms with E-state index in [1.165, 1.54) is 22.2 Å². The van der Waals surface area contributed by atoms with Gasteiger partial charge in [-0.05, 0) is 42.2 Å². The Morgan fingerprint density at radius 3 is 3.15 bits per heavy atom. The number of thiophene rings is 2. The third kappa shape index (κ3) is 3.24. The van der Waals surface area contributed by atoms with Crippen molar-refractivity contribution in [3.8, 4) is 10.7 Å². The summed E-state index contributed by atoms with van der Waals surface area (Å²) in [4.78, 5) is 28.1. The van der Waals surface area contributed by atoms with E-state index >= 15 is 0 Å².